The van der Waals surface area contributed by atoms with E-state index in [1.165, 1.54) is 12.1 Å². The van der Waals surface area contributed by atoms with Crippen molar-refractivity contribution in [2.24, 2.45) is 5.92 Å². The van der Waals surface area contributed by atoms with Crippen LogP contribution in [0.5, 0.6) is 0 Å². The number of ether oxygens (including phenoxy) is 1. The minimum Gasteiger partial charge on any atom is -0.465 e. The van der Waals surface area contributed by atoms with Gasteiger partial charge in [-0.3, -0.25) is 14.4 Å². The van der Waals surface area contributed by atoms with Crippen LogP contribution in [-0.4, -0.2) is 24.1 Å². The van der Waals surface area contributed by atoms with Crippen molar-refractivity contribution >= 4 is 29.1 Å². The topological polar surface area (TPSA) is 60.4 Å². The van der Waals surface area contributed by atoms with Crippen LogP contribution in [-0.2, 0) is 9.53 Å². The summed E-state index contributed by atoms with van der Waals surface area (Å²) in [6.45, 7) is 1.80. The van der Waals surface area contributed by atoms with Gasteiger partial charge in [0, 0.05) is 22.6 Å². The molecule has 4 nitrogen and oxygen atoms in total. The fourth-order valence-electron chi connectivity index (χ4n) is 2.27. The van der Waals surface area contributed by atoms with Crippen LogP contribution in [0, 0.1) is 5.92 Å². The normalized spacial score (nSPS) is 11.6. The number of hydrogen-bond acceptors (Lipinski definition) is 4. The third-order valence-electron chi connectivity index (χ3n) is 3.50. The average Bonchev–Trinajstić information content (AvgIpc) is 2.60. The number of Topliss-reactive ketones (excluding diaryl/α,β-unsaturated/α-hetero) is 2. The van der Waals surface area contributed by atoms with E-state index in [-0.39, 0.29) is 18.8 Å². The first-order valence-corrected chi connectivity index (χ1v) is 7.95. The van der Waals surface area contributed by atoms with E-state index < -0.39 is 17.7 Å². The number of esters is 1. The summed E-state index contributed by atoms with van der Waals surface area (Å²) < 4.78 is 4.97. The van der Waals surface area contributed by atoms with Gasteiger partial charge >= 0.3 is 5.97 Å². The fraction of sp³-hybridized carbons (Fsp3) is 0.211. The van der Waals surface area contributed by atoms with E-state index >= 15 is 0 Å². The Morgan fingerprint density at radius 2 is 1.58 bits per heavy atom. The zero-order valence-corrected chi connectivity index (χ0v) is 14.0. The molecule has 0 aliphatic carbocycles. The van der Waals surface area contributed by atoms with Crippen LogP contribution in [0.1, 0.15) is 34.1 Å². The van der Waals surface area contributed by atoms with Gasteiger partial charge in [-0.15, -0.1) is 0 Å². The molecule has 0 heterocycles. The summed E-state index contributed by atoms with van der Waals surface area (Å²) in [5, 5.41) is 0.486. The minimum absolute atomic E-state index is 0.142. The first kappa shape index (κ1) is 17.9. The summed E-state index contributed by atoms with van der Waals surface area (Å²) in [4.78, 5) is 37.2. The third-order valence-corrected chi connectivity index (χ3v) is 3.75. The molecule has 0 amide bonds. The number of benzene rings is 2. The number of hydrogen-bond donors (Lipinski definition) is 0. The molecule has 2 rings (SSSR count). The third kappa shape index (κ3) is 4.52. The summed E-state index contributed by atoms with van der Waals surface area (Å²) >= 11 is 5.82. The Kier molecular flexibility index (Phi) is 6.27. The summed E-state index contributed by atoms with van der Waals surface area (Å²) in [7, 11) is 0. The predicted octanol–water partition coefficient (Wildman–Crippen LogP) is 3.98. The molecular weight excluding hydrogens is 328 g/mol. The van der Waals surface area contributed by atoms with E-state index in [1.54, 1.807) is 49.4 Å². The lowest BCUT2D eigenvalue weighted by atomic mass is 9.91. The molecule has 0 saturated carbocycles. The molecule has 5 heteroatoms. The fourth-order valence-corrected chi connectivity index (χ4v) is 2.39. The Bertz CT molecular complexity index is 723. The summed E-state index contributed by atoms with van der Waals surface area (Å²) in [5.74, 6) is -2.59. The van der Waals surface area contributed by atoms with Gasteiger partial charge in [-0.2, -0.15) is 0 Å². The minimum atomic E-state index is -1.17. The van der Waals surface area contributed by atoms with E-state index in [0.717, 1.165) is 0 Å². The molecule has 2 aromatic rings. The average molecular weight is 345 g/mol. The van der Waals surface area contributed by atoms with Gasteiger partial charge in [0.1, 0.15) is 5.92 Å². The monoisotopic (exact) mass is 344 g/mol. The largest absolute Gasteiger partial charge is 0.465 e. The lowest BCUT2D eigenvalue weighted by Crippen LogP contribution is -2.29. The highest BCUT2D eigenvalue weighted by atomic mass is 35.5. The van der Waals surface area contributed by atoms with Crippen LogP contribution >= 0.6 is 11.6 Å². The quantitative estimate of drug-likeness (QED) is 0.433. The molecule has 0 spiro atoms. The lowest BCUT2D eigenvalue weighted by Gasteiger charge is -2.14. The van der Waals surface area contributed by atoms with E-state index in [9.17, 15) is 14.4 Å². The molecule has 0 fully saturated rings. The number of ketones is 2. The van der Waals surface area contributed by atoms with Crippen LogP contribution in [0.3, 0.4) is 0 Å². The van der Waals surface area contributed by atoms with Gasteiger partial charge in [-0.05, 0) is 31.2 Å². The Balaban J connectivity index is 2.24. The summed E-state index contributed by atoms with van der Waals surface area (Å²) in [6.07, 6.45) is -0.232. The maximum absolute atomic E-state index is 12.6. The molecule has 0 radical (unpaired) electrons. The molecule has 0 aromatic heterocycles. The van der Waals surface area contributed by atoms with Gasteiger partial charge < -0.3 is 4.74 Å². The standard InChI is InChI=1S/C19H17ClO4/c1-2-24-19(23)16(12-17(21)13-6-4-3-5-7-13)18(22)14-8-10-15(20)11-9-14/h3-11,16H,2,12H2,1H3. The molecule has 124 valence electrons. The SMILES string of the molecule is CCOC(=O)C(CC(=O)c1ccccc1)C(=O)c1ccc(Cl)cc1. The predicted molar refractivity (Wildman–Crippen MR) is 91.3 cm³/mol. The number of halogens is 1. The van der Waals surface area contributed by atoms with Crippen molar-refractivity contribution in [2.75, 3.05) is 6.61 Å². The summed E-state index contributed by atoms with van der Waals surface area (Å²) in [5.41, 5.74) is 0.772. The Morgan fingerprint density at radius 3 is 2.17 bits per heavy atom. The Labute approximate surface area is 145 Å². The van der Waals surface area contributed by atoms with Crippen molar-refractivity contribution in [3.63, 3.8) is 0 Å². The zero-order valence-electron chi connectivity index (χ0n) is 13.2. The highest BCUT2D eigenvalue weighted by Gasteiger charge is 2.31. The smallest absolute Gasteiger partial charge is 0.317 e. The molecule has 1 atom stereocenters. The maximum Gasteiger partial charge on any atom is 0.317 e. The van der Waals surface area contributed by atoms with Gasteiger partial charge in [0.15, 0.2) is 11.6 Å². The van der Waals surface area contributed by atoms with Gasteiger partial charge in [-0.25, -0.2) is 0 Å². The Hall–Kier alpha value is -2.46. The second-order valence-corrected chi connectivity index (χ2v) is 5.61. The van der Waals surface area contributed by atoms with Crippen molar-refractivity contribution in [1.82, 2.24) is 0 Å². The number of carbonyl (C=O) groups is 3. The van der Waals surface area contributed by atoms with Gasteiger partial charge in [0.2, 0.25) is 0 Å². The van der Waals surface area contributed by atoms with Crippen LogP contribution in [0.25, 0.3) is 0 Å². The zero-order chi connectivity index (χ0) is 17.5. The molecule has 0 N–H and O–H groups in total. The molecule has 0 aliphatic rings. The molecule has 24 heavy (non-hydrogen) atoms. The van der Waals surface area contributed by atoms with Gasteiger partial charge in [0.05, 0.1) is 6.61 Å². The van der Waals surface area contributed by atoms with Crippen molar-refractivity contribution < 1.29 is 19.1 Å². The van der Waals surface area contributed by atoms with Crippen molar-refractivity contribution in [1.29, 1.82) is 0 Å². The molecule has 0 bridgehead atoms. The number of carbonyl (C=O) groups excluding carboxylic acids is 3. The van der Waals surface area contributed by atoms with Crippen LogP contribution in [0.2, 0.25) is 5.02 Å². The van der Waals surface area contributed by atoms with Crippen LogP contribution < -0.4 is 0 Å². The first-order chi connectivity index (χ1) is 11.5. The van der Waals surface area contributed by atoms with Crippen LogP contribution in [0.4, 0.5) is 0 Å². The first-order valence-electron chi connectivity index (χ1n) is 7.57. The van der Waals surface area contributed by atoms with Crippen molar-refractivity contribution in [3.8, 4) is 0 Å². The molecular formula is C19H17ClO4. The highest BCUT2D eigenvalue weighted by Crippen LogP contribution is 2.19. The van der Waals surface area contributed by atoms with Crippen molar-refractivity contribution in [2.45, 2.75) is 13.3 Å². The number of rotatable bonds is 7. The van der Waals surface area contributed by atoms with Crippen molar-refractivity contribution in [3.05, 3.63) is 70.7 Å². The van der Waals surface area contributed by atoms with E-state index in [4.69, 9.17) is 16.3 Å². The van der Waals surface area contributed by atoms with Gasteiger partial charge in [0.25, 0.3) is 0 Å². The van der Waals surface area contributed by atoms with E-state index in [2.05, 4.69) is 0 Å². The van der Waals surface area contributed by atoms with Crippen LogP contribution in [0.15, 0.2) is 54.6 Å². The molecule has 1 unspecified atom stereocenters. The summed E-state index contributed by atoms with van der Waals surface area (Å²) in [6, 6.07) is 14.7. The Morgan fingerprint density at radius 1 is 0.958 bits per heavy atom. The highest BCUT2D eigenvalue weighted by molar-refractivity contribution is 6.30. The molecule has 0 aliphatic heterocycles. The maximum atomic E-state index is 12.6. The molecule has 2 aromatic carbocycles. The molecule has 0 saturated heterocycles. The van der Waals surface area contributed by atoms with Gasteiger partial charge in [-0.1, -0.05) is 41.9 Å². The lowest BCUT2D eigenvalue weighted by molar-refractivity contribution is -0.146. The van der Waals surface area contributed by atoms with E-state index in [1.807, 2.05) is 0 Å². The second kappa shape index (κ2) is 8.41. The second-order valence-electron chi connectivity index (χ2n) is 5.17. The van der Waals surface area contributed by atoms with E-state index in [0.29, 0.717) is 16.1 Å².